The highest BCUT2D eigenvalue weighted by molar-refractivity contribution is 6.07. The summed E-state index contributed by atoms with van der Waals surface area (Å²) < 4.78 is 5.01. The second-order valence-corrected chi connectivity index (χ2v) is 6.14. The highest BCUT2D eigenvalue weighted by atomic mass is 16.5. The van der Waals surface area contributed by atoms with E-state index >= 15 is 0 Å². The minimum Gasteiger partial charge on any atom is -0.383 e. The second-order valence-electron chi connectivity index (χ2n) is 6.14. The molecular formula is C21H22N2O2. The van der Waals surface area contributed by atoms with Crippen LogP contribution in [0.15, 0.2) is 48.5 Å². The molecule has 3 aromatic rings. The van der Waals surface area contributed by atoms with E-state index in [9.17, 15) is 4.79 Å². The Labute approximate surface area is 147 Å². The van der Waals surface area contributed by atoms with E-state index in [2.05, 4.69) is 37.4 Å². The Hall–Kier alpha value is -2.72. The summed E-state index contributed by atoms with van der Waals surface area (Å²) in [7, 11) is 1.62. The standard InChI is InChI=1S/C21H22N2O2/c1-14-8-9-16(15(2)12-14)20-13-18(21(24)22-10-11-25-3)17-6-4-5-7-19(17)23-20/h4-9,12-13H,10-11H2,1-3H3,(H,22,24). The molecule has 0 spiro atoms. The Balaban J connectivity index is 2.10. The number of hydrogen-bond donors (Lipinski definition) is 1. The minimum atomic E-state index is -0.110. The molecule has 1 heterocycles. The zero-order valence-electron chi connectivity index (χ0n) is 14.8. The maximum Gasteiger partial charge on any atom is 0.252 e. The van der Waals surface area contributed by atoms with E-state index in [4.69, 9.17) is 9.72 Å². The van der Waals surface area contributed by atoms with Crippen LogP contribution in [0.2, 0.25) is 0 Å². The van der Waals surface area contributed by atoms with Crippen LogP contribution in [0.5, 0.6) is 0 Å². The quantitative estimate of drug-likeness (QED) is 0.720. The maximum atomic E-state index is 12.7. The molecule has 0 aliphatic carbocycles. The molecule has 128 valence electrons. The van der Waals surface area contributed by atoms with E-state index in [1.165, 1.54) is 5.56 Å². The third kappa shape index (κ3) is 3.69. The number of amides is 1. The number of para-hydroxylation sites is 1. The summed E-state index contributed by atoms with van der Waals surface area (Å²) in [6, 6.07) is 15.9. The number of hydrogen-bond acceptors (Lipinski definition) is 3. The first kappa shape index (κ1) is 17.1. The molecule has 0 bridgehead atoms. The van der Waals surface area contributed by atoms with Gasteiger partial charge in [0.1, 0.15) is 0 Å². The monoisotopic (exact) mass is 334 g/mol. The van der Waals surface area contributed by atoms with Crippen molar-refractivity contribution in [3.8, 4) is 11.3 Å². The van der Waals surface area contributed by atoms with Crippen LogP contribution in [0.4, 0.5) is 0 Å². The molecule has 0 saturated carbocycles. The van der Waals surface area contributed by atoms with E-state index < -0.39 is 0 Å². The first-order valence-electron chi connectivity index (χ1n) is 8.34. The summed E-state index contributed by atoms with van der Waals surface area (Å²) in [5.74, 6) is -0.110. The molecule has 1 N–H and O–H groups in total. The molecular weight excluding hydrogens is 312 g/mol. The molecule has 0 aliphatic rings. The summed E-state index contributed by atoms with van der Waals surface area (Å²) in [6.07, 6.45) is 0. The number of carbonyl (C=O) groups excluding carboxylic acids is 1. The van der Waals surface area contributed by atoms with Gasteiger partial charge in [-0.05, 0) is 31.5 Å². The molecule has 0 saturated heterocycles. The Morgan fingerprint density at radius 2 is 1.92 bits per heavy atom. The van der Waals surface area contributed by atoms with Crippen molar-refractivity contribution in [1.29, 1.82) is 0 Å². The van der Waals surface area contributed by atoms with Crippen molar-refractivity contribution in [2.45, 2.75) is 13.8 Å². The normalized spacial score (nSPS) is 10.8. The Kier molecular flexibility index (Phi) is 5.10. The number of pyridine rings is 1. The lowest BCUT2D eigenvalue weighted by Crippen LogP contribution is -2.27. The van der Waals surface area contributed by atoms with Crippen molar-refractivity contribution in [2.24, 2.45) is 0 Å². The number of benzene rings is 2. The van der Waals surface area contributed by atoms with Crippen molar-refractivity contribution < 1.29 is 9.53 Å². The van der Waals surface area contributed by atoms with Gasteiger partial charge in [-0.1, -0.05) is 42.0 Å². The third-order valence-electron chi connectivity index (χ3n) is 4.21. The van der Waals surface area contributed by atoms with Crippen LogP contribution in [0.3, 0.4) is 0 Å². The van der Waals surface area contributed by atoms with Crippen molar-refractivity contribution in [2.75, 3.05) is 20.3 Å². The zero-order chi connectivity index (χ0) is 17.8. The van der Waals surface area contributed by atoms with Crippen molar-refractivity contribution in [3.05, 3.63) is 65.2 Å². The number of carbonyl (C=O) groups is 1. The van der Waals surface area contributed by atoms with Gasteiger partial charge in [0.15, 0.2) is 0 Å². The lowest BCUT2D eigenvalue weighted by atomic mass is 9.99. The predicted octanol–water partition coefficient (Wildman–Crippen LogP) is 3.89. The summed E-state index contributed by atoms with van der Waals surface area (Å²) >= 11 is 0. The molecule has 0 fully saturated rings. The molecule has 4 heteroatoms. The fraction of sp³-hybridized carbons (Fsp3) is 0.238. The predicted molar refractivity (Wildman–Crippen MR) is 101 cm³/mol. The number of aromatic nitrogens is 1. The zero-order valence-corrected chi connectivity index (χ0v) is 14.8. The number of methoxy groups -OCH3 is 1. The van der Waals surface area contributed by atoms with Gasteiger partial charge in [0.05, 0.1) is 23.4 Å². The summed E-state index contributed by atoms with van der Waals surface area (Å²) in [6.45, 7) is 5.10. The van der Waals surface area contributed by atoms with Gasteiger partial charge in [0.25, 0.3) is 5.91 Å². The second kappa shape index (κ2) is 7.45. The number of fused-ring (bicyclic) bond motifs is 1. The molecule has 4 nitrogen and oxygen atoms in total. The van der Waals surface area contributed by atoms with Gasteiger partial charge >= 0.3 is 0 Å². The minimum absolute atomic E-state index is 0.110. The Morgan fingerprint density at radius 3 is 2.68 bits per heavy atom. The van der Waals surface area contributed by atoms with Crippen LogP contribution in [0.1, 0.15) is 21.5 Å². The van der Waals surface area contributed by atoms with Crippen molar-refractivity contribution >= 4 is 16.8 Å². The van der Waals surface area contributed by atoms with Gasteiger partial charge < -0.3 is 10.1 Å². The van der Waals surface area contributed by atoms with Crippen molar-refractivity contribution in [1.82, 2.24) is 10.3 Å². The molecule has 1 aromatic heterocycles. The molecule has 0 aliphatic heterocycles. The molecule has 0 unspecified atom stereocenters. The van der Waals surface area contributed by atoms with Crippen LogP contribution >= 0.6 is 0 Å². The largest absolute Gasteiger partial charge is 0.383 e. The molecule has 25 heavy (non-hydrogen) atoms. The fourth-order valence-corrected chi connectivity index (χ4v) is 2.96. The van der Waals surface area contributed by atoms with Gasteiger partial charge in [0, 0.05) is 24.6 Å². The number of ether oxygens (including phenoxy) is 1. The van der Waals surface area contributed by atoms with Gasteiger partial charge in [-0.3, -0.25) is 4.79 Å². The molecule has 0 radical (unpaired) electrons. The Morgan fingerprint density at radius 1 is 1.12 bits per heavy atom. The van der Waals surface area contributed by atoms with Crippen LogP contribution < -0.4 is 5.32 Å². The van der Waals surface area contributed by atoms with Crippen LogP contribution in [0.25, 0.3) is 22.2 Å². The number of rotatable bonds is 5. The summed E-state index contributed by atoms with van der Waals surface area (Å²) in [5.41, 5.74) is 5.66. The van der Waals surface area contributed by atoms with Gasteiger partial charge in [-0.2, -0.15) is 0 Å². The lowest BCUT2D eigenvalue weighted by molar-refractivity contribution is 0.0938. The van der Waals surface area contributed by atoms with Gasteiger partial charge in [0.2, 0.25) is 0 Å². The van der Waals surface area contributed by atoms with E-state index in [0.29, 0.717) is 18.7 Å². The van der Waals surface area contributed by atoms with Crippen LogP contribution in [0, 0.1) is 13.8 Å². The third-order valence-corrected chi connectivity index (χ3v) is 4.21. The van der Waals surface area contributed by atoms with E-state index in [0.717, 1.165) is 27.7 Å². The summed E-state index contributed by atoms with van der Waals surface area (Å²) in [5, 5.41) is 3.76. The average Bonchev–Trinajstić information content (AvgIpc) is 2.61. The van der Waals surface area contributed by atoms with Crippen molar-refractivity contribution in [3.63, 3.8) is 0 Å². The molecule has 3 rings (SSSR count). The smallest absolute Gasteiger partial charge is 0.252 e. The number of aryl methyl sites for hydroxylation is 2. The lowest BCUT2D eigenvalue weighted by Gasteiger charge is -2.12. The number of nitrogens with one attached hydrogen (secondary N) is 1. The molecule has 1 amide bonds. The highest BCUT2D eigenvalue weighted by Gasteiger charge is 2.14. The SMILES string of the molecule is COCCNC(=O)c1cc(-c2ccc(C)cc2C)nc2ccccc12. The fourth-order valence-electron chi connectivity index (χ4n) is 2.96. The number of nitrogens with zero attached hydrogens (tertiary/aromatic N) is 1. The average molecular weight is 334 g/mol. The Bertz CT molecular complexity index is 919. The van der Waals surface area contributed by atoms with E-state index in [1.54, 1.807) is 7.11 Å². The van der Waals surface area contributed by atoms with E-state index in [1.807, 2.05) is 30.3 Å². The molecule has 2 aromatic carbocycles. The maximum absolute atomic E-state index is 12.7. The van der Waals surface area contributed by atoms with Crippen LogP contribution in [-0.4, -0.2) is 31.2 Å². The summed E-state index contributed by atoms with van der Waals surface area (Å²) in [4.78, 5) is 17.4. The first-order chi connectivity index (χ1) is 12.1. The highest BCUT2D eigenvalue weighted by Crippen LogP contribution is 2.27. The first-order valence-corrected chi connectivity index (χ1v) is 8.34. The van der Waals surface area contributed by atoms with Gasteiger partial charge in [-0.15, -0.1) is 0 Å². The van der Waals surface area contributed by atoms with E-state index in [-0.39, 0.29) is 5.91 Å². The molecule has 0 atom stereocenters. The van der Waals surface area contributed by atoms with Crippen LogP contribution in [-0.2, 0) is 4.74 Å². The van der Waals surface area contributed by atoms with Gasteiger partial charge in [-0.25, -0.2) is 4.98 Å². The topological polar surface area (TPSA) is 51.2 Å².